The summed E-state index contributed by atoms with van der Waals surface area (Å²) in [6.45, 7) is 2.92. The lowest BCUT2D eigenvalue weighted by molar-refractivity contribution is -0.137. The maximum atomic E-state index is 12.3. The fraction of sp³-hybridized carbons (Fsp3) is 0.727. The minimum atomic E-state index is -0.973. The number of ether oxygens (including phenoxy) is 1. The predicted molar refractivity (Wildman–Crippen MR) is 65.4 cm³/mol. The van der Waals surface area contributed by atoms with Gasteiger partial charge in [0.25, 0.3) is 0 Å². The molecule has 8 nitrogen and oxygen atoms in total. The van der Waals surface area contributed by atoms with Gasteiger partial charge in [0, 0.05) is 19.6 Å². The smallest absolute Gasteiger partial charge is 0.320 e. The zero-order valence-corrected chi connectivity index (χ0v) is 10.9. The van der Waals surface area contributed by atoms with Crippen molar-refractivity contribution in [3.05, 3.63) is 0 Å². The van der Waals surface area contributed by atoms with Gasteiger partial charge in [-0.05, 0) is 6.92 Å². The maximum Gasteiger partial charge on any atom is 0.320 e. The normalized spacial score (nSPS) is 19.0. The van der Waals surface area contributed by atoms with Crippen molar-refractivity contribution in [2.45, 2.75) is 19.4 Å². The van der Waals surface area contributed by atoms with E-state index in [1.54, 1.807) is 6.92 Å². The first-order chi connectivity index (χ1) is 8.97. The number of hydrogen-bond acceptors (Lipinski definition) is 4. The minimum Gasteiger partial charge on any atom is -0.481 e. The van der Waals surface area contributed by atoms with Gasteiger partial charge in [-0.2, -0.15) is 0 Å². The Hall–Kier alpha value is -1.83. The van der Waals surface area contributed by atoms with Crippen LogP contribution in [0.15, 0.2) is 0 Å². The van der Waals surface area contributed by atoms with Crippen LogP contribution in [-0.4, -0.2) is 71.7 Å². The quantitative estimate of drug-likeness (QED) is 0.673. The Labute approximate surface area is 111 Å². The summed E-state index contributed by atoms with van der Waals surface area (Å²) in [5, 5.41) is 8.64. The van der Waals surface area contributed by atoms with Crippen LogP contribution in [0.5, 0.6) is 0 Å². The number of nitrogens with zero attached hydrogens (tertiary/aromatic N) is 2. The maximum absolute atomic E-state index is 12.3. The summed E-state index contributed by atoms with van der Waals surface area (Å²) in [6, 6.07) is -1.17. The molecule has 1 aliphatic rings. The number of amides is 3. The Balaban J connectivity index is 2.70. The van der Waals surface area contributed by atoms with E-state index in [9.17, 15) is 14.4 Å². The Morgan fingerprint density at radius 2 is 2.16 bits per heavy atom. The Morgan fingerprint density at radius 3 is 2.68 bits per heavy atom. The predicted octanol–water partition coefficient (Wildman–Crippen LogP) is -0.911. The highest BCUT2D eigenvalue weighted by atomic mass is 16.5. The molecule has 1 atom stereocenters. The van der Waals surface area contributed by atoms with E-state index in [-0.39, 0.29) is 32.1 Å². The largest absolute Gasteiger partial charge is 0.481 e. The molecular formula is C11H19N3O5. The van der Waals surface area contributed by atoms with Gasteiger partial charge in [-0.25, -0.2) is 4.79 Å². The van der Waals surface area contributed by atoms with Gasteiger partial charge in [-0.15, -0.1) is 0 Å². The van der Waals surface area contributed by atoms with Crippen LogP contribution in [0.4, 0.5) is 4.79 Å². The van der Waals surface area contributed by atoms with E-state index >= 15 is 0 Å². The lowest BCUT2D eigenvalue weighted by Crippen LogP contribution is -2.58. The molecule has 0 aliphatic carbocycles. The first kappa shape index (κ1) is 15.2. The molecule has 1 rings (SSSR count). The van der Waals surface area contributed by atoms with E-state index < -0.39 is 17.9 Å². The number of urea groups is 1. The molecule has 0 spiro atoms. The molecule has 8 heteroatoms. The molecule has 0 bridgehead atoms. The SMILES string of the molecule is CCN(CCC(=O)O)C(=O)N1CCOCC1C(N)=O. The average Bonchev–Trinajstić information content (AvgIpc) is 2.38. The molecule has 1 unspecified atom stereocenters. The third kappa shape index (κ3) is 4.09. The summed E-state index contributed by atoms with van der Waals surface area (Å²) in [7, 11) is 0. The highest BCUT2D eigenvalue weighted by molar-refractivity contribution is 5.86. The van der Waals surface area contributed by atoms with Crippen molar-refractivity contribution in [3.8, 4) is 0 Å². The van der Waals surface area contributed by atoms with Crippen LogP contribution < -0.4 is 5.73 Å². The second kappa shape index (κ2) is 6.93. The number of carbonyl (C=O) groups excluding carboxylic acids is 2. The van der Waals surface area contributed by atoms with Crippen LogP contribution >= 0.6 is 0 Å². The van der Waals surface area contributed by atoms with Gasteiger partial charge in [-0.3, -0.25) is 9.59 Å². The number of carbonyl (C=O) groups is 3. The third-order valence-corrected chi connectivity index (χ3v) is 2.95. The molecule has 0 aromatic carbocycles. The fourth-order valence-electron chi connectivity index (χ4n) is 1.87. The second-order valence-corrected chi connectivity index (χ2v) is 4.19. The summed E-state index contributed by atoms with van der Waals surface area (Å²) in [4.78, 5) is 36.8. The zero-order valence-electron chi connectivity index (χ0n) is 10.9. The van der Waals surface area contributed by atoms with Gasteiger partial charge in [0.15, 0.2) is 0 Å². The average molecular weight is 273 g/mol. The zero-order chi connectivity index (χ0) is 14.4. The molecular weight excluding hydrogens is 254 g/mol. The Morgan fingerprint density at radius 1 is 1.47 bits per heavy atom. The van der Waals surface area contributed by atoms with Crippen LogP contribution in [0.25, 0.3) is 0 Å². The van der Waals surface area contributed by atoms with E-state index in [1.807, 2.05) is 0 Å². The molecule has 1 heterocycles. The monoisotopic (exact) mass is 273 g/mol. The van der Waals surface area contributed by atoms with Crippen molar-refractivity contribution >= 4 is 17.9 Å². The summed E-state index contributed by atoms with van der Waals surface area (Å²) >= 11 is 0. The van der Waals surface area contributed by atoms with Gasteiger partial charge in [-0.1, -0.05) is 0 Å². The molecule has 3 N–H and O–H groups in total. The van der Waals surface area contributed by atoms with Crippen molar-refractivity contribution < 1.29 is 24.2 Å². The van der Waals surface area contributed by atoms with E-state index in [1.165, 1.54) is 9.80 Å². The summed E-state index contributed by atoms with van der Waals surface area (Å²) in [5.41, 5.74) is 5.23. The van der Waals surface area contributed by atoms with E-state index in [0.717, 1.165) is 0 Å². The number of morpholine rings is 1. The molecule has 0 aromatic heterocycles. The van der Waals surface area contributed by atoms with Gasteiger partial charge >= 0.3 is 12.0 Å². The number of hydrogen-bond donors (Lipinski definition) is 2. The van der Waals surface area contributed by atoms with Gasteiger partial charge in [0.1, 0.15) is 6.04 Å². The molecule has 1 aliphatic heterocycles. The Kier molecular flexibility index (Phi) is 5.56. The third-order valence-electron chi connectivity index (χ3n) is 2.95. The van der Waals surface area contributed by atoms with Gasteiger partial charge in [0.2, 0.25) is 5.91 Å². The Bertz CT molecular complexity index is 360. The first-order valence-electron chi connectivity index (χ1n) is 6.11. The lowest BCUT2D eigenvalue weighted by Gasteiger charge is -2.36. The topological polar surface area (TPSA) is 113 Å². The number of carboxylic acids is 1. The highest BCUT2D eigenvalue weighted by Crippen LogP contribution is 2.10. The number of primary amides is 1. The number of carboxylic acid groups (broad SMARTS) is 1. The number of nitrogens with two attached hydrogens (primary N) is 1. The van der Waals surface area contributed by atoms with Gasteiger partial charge in [0.05, 0.1) is 19.6 Å². The molecule has 0 radical (unpaired) electrons. The minimum absolute atomic E-state index is 0.0809. The van der Waals surface area contributed by atoms with Gasteiger partial charge < -0.3 is 25.4 Å². The van der Waals surface area contributed by atoms with Crippen LogP contribution in [0, 0.1) is 0 Å². The van der Waals surface area contributed by atoms with Crippen molar-refractivity contribution in [2.24, 2.45) is 5.73 Å². The number of aliphatic carboxylic acids is 1. The molecule has 1 fully saturated rings. The lowest BCUT2D eigenvalue weighted by atomic mass is 10.2. The van der Waals surface area contributed by atoms with Crippen molar-refractivity contribution in [2.75, 3.05) is 32.8 Å². The number of rotatable bonds is 5. The molecule has 0 saturated carbocycles. The fourth-order valence-corrected chi connectivity index (χ4v) is 1.87. The van der Waals surface area contributed by atoms with Crippen molar-refractivity contribution in [1.29, 1.82) is 0 Å². The highest BCUT2D eigenvalue weighted by Gasteiger charge is 2.33. The summed E-state index contributed by atoms with van der Waals surface area (Å²) < 4.78 is 5.13. The van der Waals surface area contributed by atoms with E-state index in [0.29, 0.717) is 13.2 Å². The summed E-state index contributed by atoms with van der Waals surface area (Å²) in [5.74, 6) is -1.60. The van der Waals surface area contributed by atoms with Crippen LogP contribution in [0.1, 0.15) is 13.3 Å². The summed E-state index contributed by atoms with van der Waals surface area (Å²) in [6.07, 6.45) is -0.134. The molecule has 3 amide bonds. The second-order valence-electron chi connectivity index (χ2n) is 4.19. The van der Waals surface area contributed by atoms with E-state index in [4.69, 9.17) is 15.6 Å². The first-order valence-corrected chi connectivity index (χ1v) is 6.11. The molecule has 0 aromatic rings. The van der Waals surface area contributed by atoms with Crippen LogP contribution in [0.2, 0.25) is 0 Å². The van der Waals surface area contributed by atoms with Crippen LogP contribution in [-0.2, 0) is 14.3 Å². The van der Waals surface area contributed by atoms with Crippen LogP contribution in [0.3, 0.4) is 0 Å². The molecule has 1 saturated heterocycles. The van der Waals surface area contributed by atoms with Crippen molar-refractivity contribution in [3.63, 3.8) is 0 Å². The molecule has 108 valence electrons. The van der Waals surface area contributed by atoms with Crippen molar-refractivity contribution in [1.82, 2.24) is 9.80 Å². The standard InChI is InChI=1S/C11H19N3O5/c1-2-13(4-3-9(15)16)11(18)14-5-6-19-7-8(14)10(12)17/h8H,2-7H2,1H3,(H2,12,17)(H,15,16). The van der Waals surface area contributed by atoms with E-state index in [2.05, 4.69) is 0 Å². The molecule has 19 heavy (non-hydrogen) atoms.